The molecule has 0 spiro atoms. The maximum atomic E-state index is 12.6. The van der Waals surface area contributed by atoms with Crippen molar-refractivity contribution in [3.8, 4) is 0 Å². The van der Waals surface area contributed by atoms with Crippen molar-refractivity contribution in [2.75, 3.05) is 30.0 Å². The zero-order chi connectivity index (χ0) is 14.9. The highest BCUT2D eigenvalue weighted by Crippen LogP contribution is 2.25. The number of nitrogens with two attached hydrogens (primary N) is 1. The zero-order valence-electron chi connectivity index (χ0n) is 10.9. The van der Waals surface area contributed by atoms with Gasteiger partial charge in [0.25, 0.3) is 5.91 Å². The first-order valence-electron chi connectivity index (χ1n) is 5.93. The molecular weight excluding hydrogens is 364 g/mol. The number of rotatable bonds is 2. The van der Waals surface area contributed by atoms with E-state index in [1.165, 1.54) is 4.90 Å². The largest absolute Gasteiger partial charge is 0.398 e. The maximum Gasteiger partial charge on any atom is 0.257 e. The number of carbonyl (C=O) groups is 1. The Kier molecular flexibility index (Phi) is 4.66. The summed E-state index contributed by atoms with van der Waals surface area (Å²) in [5.74, 6) is 0.795. The van der Waals surface area contributed by atoms with Crippen LogP contribution in [-0.4, -0.2) is 48.9 Å². The van der Waals surface area contributed by atoms with Crippen LogP contribution in [0.2, 0.25) is 0 Å². The van der Waals surface area contributed by atoms with Crippen LogP contribution in [0.3, 0.4) is 0 Å². The Balaban J connectivity index is 2.37. The molecule has 1 atom stereocenters. The molecule has 5 nitrogen and oxygen atoms in total. The second-order valence-electron chi connectivity index (χ2n) is 4.59. The van der Waals surface area contributed by atoms with Gasteiger partial charge in [0.15, 0.2) is 9.84 Å². The van der Waals surface area contributed by atoms with Crippen molar-refractivity contribution in [3.05, 3.63) is 28.2 Å². The van der Waals surface area contributed by atoms with Crippen molar-refractivity contribution in [1.29, 1.82) is 0 Å². The first kappa shape index (κ1) is 15.7. The number of amides is 1. The van der Waals surface area contributed by atoms with Crippen molar-refractivity contribution < 1.29 is 13.2 Å². The molecule has 110 valence electrons. The van der Waals surface area contributed by atoms with E-state index in [0.717, 1.165) is 16.5 Å². The minimum atomic E-state index is -3.32. The Morgan fingerprint density at radius 3 is 2.85 bits per heavy atom. The molecule has 0 saturated carbocycles. The van der Waals surface area contributed by atoms with E-state index >= 15 is 0 Å². The molecule has 2 N–H and O–H groups in total. The Morgan fingerprint density at radius 2 is 2.20 bits per heavy atom. The second kappa shape index (κ2) is 5.95. The number of carbonyl (C=O) groups excluding carboxylic acids is 1. The summed E-state index contributed by atoms with van der Waals surface area (Å²) < 4.78 is 24.4. The molecular formula is C12H15BrN2O3S2. The van der Waals surface area contributed by atoms with E-state index in [1.54, 1.807) is 30.0 Å². The summed E-state index contributed by atoms with van der Waals surface area (Å²) in [5.41, 5.74) is 6.51. The molecule has 1 saturated heterocycles. The first-order chi connectivity index (χ1) is 9.30. The highest BCUT2D eigenvalue weighted by Gasteiger charge is 2.35. The molecule has 0 bridgehead atoms. The van der Waals surface area contributed by atoms with Crippen LogP contribution in [0.1, 0.15) is 10.4 Å². The lowest BCUT2D eigenvalue weighted by Crippen LogP contribution is -2.50. The third kappa shape index (κ3) is 3.29. The van der Waals surface area contributed by atoms with Crippen molar-refractivity contribution in [1.82, 2.24) is 4.90 Å². The molecule has 2 rings (SSSR count). The average Bonchev–Trinajstić information content (AvgIpc) is 2.40. The number of thioether (sulfide) groups is 1. The molecule has 0 radical (unpaired) electrons. The normalized spacial score (nSPS) is 19.9. The second-order valence-corrected chi connectivity index (χ2v) is 8.86. The van der Waals surface area contributed by atoms with Gasteiger partial charge in [-0.25, -0.2) is 8.42 Å². The van der Waals surface area contributed by atoms with Crippen LogP contribution in [0.25, 0.3) is 0 Å². The first-order valence-corrected chi connectivity index (χ1v) is 9.83. The maximum absolute atomic E-state index is 12.6. The van der Waals surface area contributed by atoms with Crippen molar-refractivity contribution in [2.45, 2.75) is 5.37 Å². The molecule has 1 aromatic rings. The van der Waals surface area contributed by atoms with Crippen molar-refractivity contribution >= 4 is 49.1 Å². The van der Waals surface area contributed by atoms with Gasteiger partial charge < -0.3 is 10.6 Å². The quantitative estimate of drug-likeness (QED) is 0.790. The molecule has 1 unspecified atom stereocenters. The molecule has 0 aromatic heterocycles. The smallest absolute Gasteiger partial charge is 0.257 e. The van der Waals surface area contributed by atoms with Gasteiger partial charge in [-0.2, -0.15) is 11.8 Å². The average molecular weight is 379 g/mol. The Labute approximate surface area is 130 Å². The predicted molar refractivity (Wildman–Crippen MR) is 85.5 cm³/mol. The number of nitrogens with zero attached hydrogens (tertiary/aromatic N) is 1. The summed E-state index contributed by atoms with van der Waals surface area (Å²) in [5, 5.41) is -0.785. The van der Waals surface area contributed by atoms with Gasteiger partial charge in [0.2, 0.25) is 0 Å². The van der Waals surface area contributed by atoms with Crippen molar-refractivity contribution in [2.24, 2.45) is 0 Å². The fourth-order valence-electron chi connectivity index (χ4n) is 2.04. The Hall–Kier alpha value is -0.730. The Bertz CT molecular complexity index is 634. The van der Waals surface area contributed by atoms with Gasteiger partial charge in [0, 0.05) is 34.5 Å². The third-order valence-corrected chi connectivity index (χ3v) is 6.22. The summed E-state index contributed by atoms with van der Waals surface area (Å²) in [6.07, 6.45) is 1.16. The van der Waals surface area contributed by atoms with E-state index in [4.69, 9.17) is 5.73 Å². The number of benzene rings is 1. The van der Waals surface area contributed by atoms with Gasteiger partial charge in [-0.05, 0) is 18.2 Å². The molecule has 8 heteroatoms. The zero-order valence-corrected chi connectivity index (χ0v) is 14.1. The van der Waals surface area contributed by atoms with Gasteiger partial charge >= 0.3 is 0 Å². The van der Waals surface area contributed by atoms with E-state index in [-0.39, 0.29) is 5.91 Å². The standard InChI is InChI=1S/C12H15BrN2O3S2/c1-20(17,18)11-7-19-5-4-15(11)12(16)9-6-8(13)2-3-10(9)14/h2-3,6,11H,4-5,7,14H2,1H3. The fraction of sp³-hybridized carbons (Fsp3) is 0.417. The molecule has 1 heterocycles. The highest BCUT2D eigenvalue weighted by atomic mass is 79.9. The number of halogens is 1. The lowest BCUT2D eigenvalue weighted by Gasteiger charge is -2.34. The Morgan fingerprint density at radius 1 is 1.50 bits per heavy atom. The number of sulfone groups is 1. The van der Waals surface area contributed by atoms with E-state index in [2.05, 4.69) is 15.9 Å². The molecule has 1 aromatic carbocycles. The van der Waals surface area contributed by atoms with E-state index in [0.29, 0.717) is 23.5 Å². The molecule has 20 heavy (non-hydrogen) atoms. The fourth-order valence-corrected chi connectivity index (χ4v) is 5.21. The van der Waals surface area contributed by atoms with Gasteiger partial charge in [-0.1, -0.05) is 15.9 Å². The summed E-state index contributed by atoms with van der Waals surface area (Å²) in [6, 6.07) is 5.00. The summed E-state index contributed by atoms with van der Waals surface area (Å²) >= 11 is 4.83. The number of anilines is 1. The van der Waals surface area contributed by atoms with Crippen LogP contribution in [0.4, 0.5) is 5.69 Å². The van der Waals surface area contributed by atoms with Gasteiger partial charge in [-0.3, -0.25) is 4.79 Å². The van der Waals surface area contributed by atoms with Crippen LogP contribution < -0.4 is 5.73 Å². The van der Waals surface area contributed by atoms with E-state index in [1.807, 2.05) is 0 Å². The van der Waals surface area contributed by atoms with Crippen LogP contribution in [0.15, 0.2) is 22.7 Å². The third-order valence-electron chi connectivity index (χ3n) is 3.09. The predicted octanol–water partition coefficient (Wildman–Crippen LogP) is 1.59. The van der Waals surface area contributed by atoms with Crippen LogP contribution in [0, 0.1) is 0 Å². The van der Waals surface area contributed by atoms with Gasteiger partial charge in [0.1, 0.15) is 5.37 Å². The molecule has 1 aliphatic rings. The molecule has 1 amide bonds. The summed E-state index contributed by atoms with van der Waals surface area (Å²) in [6.45, 7) is 0.410. The highest BCUT2D eigenvalue weighted by molar-refractivity contribution is 9.10. The molecule has 0 aliphatic carbocycles. The molecule has 1 fully saturated rings. The van der Waals surface area contributed by atoms with Crippen molar-refractivity contribution in [3.63, 3.8) is 0 Å². The lowest BCUT2D eigenvalue weighted by molar-refractivity contribution is 0.0750. The summed E-state index contributed by atoms with van der Waals surface area (Å²) in [4.78, 5) is 14.0. The van der Waals surface area contributed by atoms with Gasteiger partial charge in [-0.15, -0.1) is 0 Å². The summed E-state index contributed by atoms with van der Waals surface area (Å²) in [7, 11) is -3.32. The topological polar surface area (TPSA) is 80.5 Å². The lowest BCUT2D eigenvalue weighted by atomic mass is 10.1. The van der Waals surface area contributed by atoms with E-state index < -0.39 is 15.2 Å². The monoisotopic (exact) mass is 378 g/mol. The van der Waals surface area contributed by atoms with Crippen LogP contribution in [0.5, 0.6) is 0 Å². The van der Waals surface area contributed by atoms with Crippen LogP contribution >= 0.6 is 27.7 Å². The minimum Gasteiger partial charge on any atom is -0.398 e. The number of hydrogen-bond acceptors (Lipinski definition) is 5. The van der Waals surface area contributed by atoms with E-state index in [9.17, 15) is 13.2 Å². The number of hydrogen-bond donors (Lipinski definition) is 1. The van der Waals surface area contributed by atoms with Crippen LogP contribution in [-0.2, 0) is 9.84 Å². The number of nitrogen functional groups attached to an aromatic ring is 1. The van der Waals surface area contributed by atoms with Gasteiger partial charge in [0.05, 0.1) is 5.56 Å². The molecule has 1 aliphatic heterocycles. The SMILES string of the molecule is CS(=O)(=O)C1CSCCN1C(=O)c1cc(Br)ccc1N. The minimum absolute atomic E-state index is 0.333.